The number of nitrogens with zero attached hydrogens (tertiary/aromatic N) is 2. The standard InChI is InChI=1S/C17H23N3O3/c1-12(2)23-15-6-3-13(4-7-15)18-17(22)19-9-10-20-14(11-19)5-8-16(20)21/h3-4,6-7,12,14H,5,8-11H2,1-2H3,(H,18,22). The summed E-state index contributed by atoms with van der Waals surface area (Å²) >= 11 is 0. The molecule has 23 heavy (non-hydrogen) atoms. The molecule has 124 valence electrons. The van der Waals surface area contributed by atoms with Gasteiger partial charge in [0.1, 0.15) is 5.75 Å². The van der Waals surface area contributed by atoms with E-state index in [1.807, 2.05) is 43.0 Å². The fourth-order valence-electron chi connectivity index (χ4n) is 3.14. The fraction of sp³-hybridized carbons (Fsp3) is 0.529. The van der Waals surface area contributed by atoms with Gasteiger partial charge in [-0.2, -0.15) is 0 Å². The number of piperazine rings is 1. The van der Waals surface area contributed by atoms with E-state index >= 15 is 0 Å². The molecule has 0 aromatic heterocycles. The molecule has 1 aromatic rings. The summed E-state index contributed by atoms with van der Waals surface area (Å²) in [5, 5.41) is 2.91. The van der Waals surface area contributed by atoms with Crippen LogP contribution < -0.4 is 10.1 Å². The average Bonchev–Trinajstić information content (AvgIpc) is 2.89. The third-order valence-corrected chi connectivity index (χ3v) is 4.26. The van der Waals surface area contributed by atoms with Gasteiger partial charge in [0.25, 0.3) is 0 Å². The van der Waals surface area contributed by atoms with Gasteiger partial charge in [-0.25, -0.2) is 4.79 Å². The molecular formula is C17H23N3O3. The molecule has 2 aliphatic heterocycles. The van der Waals surface area contributed by atoms with Crippen molar-refractivity contribution in [3.63, 3.8) is 0 Å². The molecule has 2 fully saturated rings. The number of urea groups is 1. The second-order valence-corrected chi connectivity index (χ2v) is 6.35. The highest BCUT2D eigenvalue weighted by Gasteiger charge is 2.36. The Morgan fingerprint density at radius 1 is 1.26 bits per heavy atom. The summed E-state index contributed by atoms with van der Waals surface area (Å²) < 4.78 is 5.59. The molecule has 0 bridgehead atoms. The molecular weight excluding hydrogens is 294 g/mol. The molecule has 1 aromatic carbocycles. The number of benzene rings is 1. The molecule has 3 amide bonds. The monoisotopic (exact) mass is 317 g/mol. The Morgan fingerprint density at radius 3 is 2.70 bits per heavy atom. The van der Waals surface area contributed by atoms with Crippen LogP contribution in [0.3, 0.4) is 0 Å². The predicted molar refractivity (Wildman–Crippen MR) is 87.5 cm³/mol. The zero-order valence-electron chi connectivity index (χ0n) is 13.6. The van der Waals surface area contributed by atoms with Crippen molar-refractivity contribution in [3.05, 3.63) is 24.3 Å². The van der Waals surface area contributed by atoms with Crippen molar-refractivity contribution in [2.45, 2.75) is 38.8 Å². The Labute approximate surface area is 136 Å². The Balaban J connectivity index is 1.56. The van der Waals surface area contributed by atoms with Gasteiger partial charge < -0.3 is 19.9 Å². The SMILES string of the molecule is CC(C)Oc1ccc(NC(=O)N2CCN3C(=O)CCC3C2)cc1. The molecule has 2 aliphatic rings. The van der Waals surface area contributed by atoms with Crippen molar-refractivity contribution >= 4 is 17.6 Å². The largest absolute Gasteiger partial charge is 0.491 e. The number of carbonyl (C=O) groups is 2. The molecule has 1 N–H and O–H groups in total. The van der Waals surface area contributed by atoms with Crippen molar-refractivity contribution in [1.82, 2.24) is 9.80 Å². The molecule has 0 aliphatic carbocycles. The lowest BCUT2D eigenvalue weighted by molar-refractivity contribution is -0.130. The zero-order chi connectivity index (χ0) is 16.4. The van der Waals surface area contributed by atoms with E-state index in [0.29, 0.717) is 26.1 Å². The van der Waals surface area contributed by atoms with Gasteiger partial charge in [0.05, 0.1) is 6.10 Å². The minimum absolute atomic E-state index is 0.110. The predicted octanol–water partition coefficient (Wildman–Crippen LogP) is 2.31. The third-order valence-electron chi connectivity index (χ3n) is 4.26. The highest BCUT2D eigenvalue weighted by molar-refractivity contribution is 5.89. The lowest BCUT2D eigenvalue weighted by Crippen LogP contribution is -2.54. The van der Waals surface area contributed by atoms with E-state index in [0.717, 1.165) is 17.9 Å². The maximum atomic E-state index is 12.4. The highest BCUT2D eigenvalue weighted by atomic mass is 16.5. The Hall–Kier alpha value is -2.24. The number of nitrogens with one attached hydrogen (secondary N) is 1. The molecule has 2 saturated heterocycles. The first kappa shape index (κ1) is 15.6. The van der Waals surface area contributed by atoms with Crippen LogP contribution in [0.5, 0.6) is 5.75 Å². The van der Waals surface area contributed by atoms with Crippen LogP contribution >= 0.6 is 0 Å². The topological polar surface area (TPSA) is 61.9 Å². The lowest BCUT2D eigenvalue weighted by Gasteiger charge is -2.37. The molecule has 1 atom stereocenters. The van der Waals surface area contributed by atoms with Gasteiger partial charge in [-0.3, -0.25) is 4.79 Å². The minimum Gasteiger partial charge on any atom is -0.491 e. The summed E-state index contributed by atoms with van der Waals surface area (Å²) in [6.07, 6.45) is 1.59. The smallest absolute Gasteiger partial charge is 0.321 e. The van der Waals surface area contributed by atoms with Crippen LogP contribution in [0.2, 0.25) is 0 Å². The van der Waals surface area contributed by atoms with Crippen molar-refractivity contribution in [1.29, 1.82) is 0 Å². The first-order valence-electron chi connectivity index (χ1n) is 8.15. The van der Waals surface area contributed by atoms with Crippen LogP contribution in [0.1, 0.15) is 26.7 Å². The van der Waals surface area contributed by atoms with Gasteiger partial charge in [-0.15, -0.1) is 0 Å². The first-order valence-corrected chi connectivity index (χ1v) is 8.15. The Kier molecular flexibility index (Phi) is 4.41. The van der Waals surface area contributed by atoms with E-state index in [9.17, 15) is 9.59 Å². The molecule has 0 saturated carbocycles. The Morgan fingerprint density at radius 2 is 2.00 bits per heavy atom. The van der Waals surface area contributed by atoms with Crippen LogP contribution in [-0.2, 0) is 4.79 Å². The van der Waals surface area contributed by atoms with Crippen LogP contribution in [0.4, 0.5) is 10.5 Å². The molecule has 6 nitrogen and oxygen atoms in total. The van der Waals surface area contributed by atoms with Crippen LogP contribution in [0.25, 0.3) is 0 Å². The number of rotatable bonds is 3. The van der Waals surface area contributed by atoms with Crippen molar-refractivity contribution < 1.29 is 14.3 Å². The van der Waals surface area contributed by atoms with Gasteiger partial charge in [0, 0.05) is 37.8 Å². The summed E-state index contributed by atoms with van der Waals surface area (Å²) in [7, 11) is 0. The van der Waals surface area contributed by atoms with Gasteiger partial charge >= 0.3 is 6.03 Å². The zero-order valence-corrected chi connectivity index (χ0v) is 13.6. The first-order chi connectivity index (χ1) is 11.0. The minimum atomic E-state index is -0.110. The number of hydrogen-bond acceptors (Lipinski definition) is 3. The van der Waals surface area contributed by atoms with Gasteiger partial charge in [0.2, 0.25) is 5.91 Å². The third kappa shape index (κ3) is 3.57. The fourth-order valence-corrected chi connectivity index (χ4v) is 3.14. The van der Waals surface area contributed by atoms with Crippen LogP contribution in [0.15, 0.2) is 24.3 Å². The number of amides is 3. The van der Waals surface area contributed by atoms with Gasteiger partial charge in [-0.05, 0) is 44.5 Å². The van der Waals surface area contributed by atoms with Crippen LogP contribution in [0, 0.1) is 0 Å². The summed E-state index contributed by atoms with van der Waals surface area (Å²) in [6.45, 7) is 5.79. The molecule has 0 spiro atoms. The molecule has 3 rings (SSSR count). The number of ether oxygens (including phenoxy) is 1. The maximum absolute atomic E-state index is 12.4. The molecule has 2 heterocycles. The number of carbonyl (C=O) groups excluding carboxylic acids is 2. The number of hydrogen-bond donors (Lipinski definition) is 1. The molecule has 0 radical (unpaired) electrons. The highest BCUT2D eigenvalue weighted by Crippen LogP contribution is 2.23. The number of anilines is 1. The second-order valence-electron chi connectivity index (χ2n) is 6.35. The summed E-state index contributed by atoms with van der Waals surface area (Å²) in [5.41, 5.74) is 0.746. The summed E-state index contributed by atoms with van der Waals surface area (Å²) in [4.78, 5) is 27.8. The van der Waals surface area contributed by atoms with E-state index in [2.05, 4.69) is 5.32 Å². The van der Waals surface area contributed by atoms with E-state index in [1.54, 1.807) is 4.90 Å². The lowest BCUT2D eigenvalue weighted by atomic mass is 10.1. The van der Waals surface area contributed by atoms with E-state index in [-0.39, 0.29) is 24.1 Å². The number of fused-ring (bicyclic) bond motifs is 1. The normalized spacial score (nSPS) is 20.7. The quantitative estimate of drug-likeness (QED) is 0.930. The van der Waals surface area contributed by atoms with Crippen molar-refractivity contribution in [3.8, 4) is 5.75 Å². The van der Waals surface area contributed by atoms with E-state index in [4.69, 9.17) is 4.74 Å². The molecule has 6 heteroatoms. The molecule has 1 unspecified atom stereocenters. The summed E-state index contributed by atoms with van der Waals surface area (Å²) in [6, 6.07) is 7.45. The van der Waals surface area contributed by atoms with Crippen molar-refractivity contribution in [2.24, 2.45) is 0 Å². The van der Waals surface area contributed by atoms with Gasteiger partial charge in [0.15, 0.2) is 0 Å². The Bertz CT molecular complexity index is 585. The average molecular weight is 317 g/mol. The maximum Gasteiger partial charge on any atom is 0.321 e. The van der Waals surface area contributed by atoms with E-state index in [1.165, 1.54) is 0 Å². The van der Waals surface area contributed by atoms with E-state index < -0.39 is 0 Å². The van der Waals surface area contributed by atoms with Gasteiger partial charge in [-0.1, -0.05) is 0 Å². The summed E-state index contributed by atoms with van der Waals surface area (Å²) in [5.74, 6) is 1.01. The van der Waals surface area contributed by atoms with Crippen LogP contribution in [-0.4, -0.2) is 53.5 Å². The van der Waals surface area contributed by atoms with Crippen molar-refractivity contribution in [2.75, 3.05) is 25.0 Å². The second kappa shape index (κ2) is 6.48.